The fourth-order valence-corrected chi connectivity index (χ4v) is 2.69. The van der Waals surface area contributed by atoms with Gasteiger partial charge in [-0.25, -0.2) is 0 Å². The van der Waals surface area contributed by atoms with Gasteiger partial charge in [0.05, 0.1) is 18.0 Å². The molecular formula is C18H20N2O. The highest BCUT2D eigenvalue weighted by Gasteiger charge is 2.15. The highest BCUT2D eigenvalue weighted by molar-refractivity contribution is 5.82. The second-order valence-electron chi connectivity index (χ2n) is 5.26. The van der Waals surface area contributed by atoms with Crippen LogP contribution in [0, 0.1) is 0 Å². The SMILES string of the molecule is CCCNC(Cc1ccoc1)c1cccc2ncccc12. The minimum Gasteiger partial charge on any atom is -0.472 e. The molecule has 2 heterocycles. The van der Waals surface area contributed by atoms with E-state index in [2.05, 4.69) is 41.5 Å². The van der Waals surface area contributed by atoms with E-state index >= 15 is 0 Å². The molecule has 0 radical (unpaired) electrons. The van der Waals surface area contributed by atoms with Crippen LogP contribution in [0.25, 0.3) is 10.9 Å². The first kappa shape index (κ1) is 13.8. The van der Waals surface area contributed by atoms with Gasteiger partial charge >= 0.3 is 0 Å². The summed E-state index contributed by atoms with van der Waals surface area (Å²) in [6.07, 6.45) is 7.44. The average Bonchev–Trinajstić information content (AvgIpc) is 3.04. The van der Waals surface area contributed by atoms with Crippen LogP contribution in [0.1, 0.15) is 30.5 Å². The van der Waals surface area contributed by atoms with Gasteiger partial charge in [0.25, 0.3) is 0 Å². The lowest BCUT2D eigenvalue weighted by atomic mass is 9.96. The van der Waals surface area contributed by atoms with Crippen molar-refractivity contribution < 1.29 is 4.42 Å². The van der Waals surface area contributed by atoms with Crippen LogP contribution in [-0.4, -0.2) is 11.5 Å². The molecule has 0 aliphatic carbocycles. The summed E-state index contributed by atoms with van der Waals surface area (Å²) in [7, 11) is 0. The molecule has 3 heteroatoms. The molecule has 2 aromatic heterocycles. The molecule has 1 unspecified atom stereocenters. The van der Waals surface area contributed by atoms with Gasteiger partial charge in [0, 0.05) is 17.6 Å². The van der Waals surface area contributed by atoms with E-state index in [-0.39, 0.29) is 6.04 Å². The standard InChI is InChI=1S/C18H20N2O/c1-2-9-19-18(12-14-8-11-21-13-14)16-5-3-7-17-15(16)6-4-10-20-17/h3-8,10-11,13,18-19H,2,9,12H2,1H3. The minimum atomic E-state index is 0.274. The Morgan fingerprint density at radius 3 is 2.95 bits per heavy atom. The summed E-state index contributed by atoms with van der Waals surface area (Å²) in [5.74, 6) is 0. The number of nitrogens with zero attached hydrogens (tertiary/aromatic N) is 1. The van der Waals surface area contributed by atoms with Crippen LogP contribution in [0.2, 0.25) is 0 Å². The number of fused-ring (bicyclic) bond motifs is 1. The van der Waals surface area contributed by atoms with Crippen LogP contribution in [0.15, 0.2) is 59.5 Å². The van der Waals surface area contributed by atoms with Gasteiger partial charge in [-0.3, -0.25) is 4.98 Å². The fourth-order valence-electron chi connectivity index (χ4n) is 2.69. The zero-order chi connectivity index (χ0) is 14.5. The van der Waals surface area contributed by atoms with E-state index in [1.165, 1.54) is 16.5 Å². The number of hydrogen-bond acceptors (Lipinski definition) is 3. The van der Waals surface area contributed by atoms with Gasteiger partial charge in [-0.2, -0.15) is 0 Å². The number of hydrogen-bond donors (Lipinski definition) is 1. The van der Waals surface area contributed by atoms with Crippen LogP contribution < -0.4 is 5.32 Å². The van der Waals surface area contributed by atoms with Crippen LogP contribution >= 0.6 is 0 Å². The van der Waals surface area contributed by atoms with Gasteiger partial charge in [0.2, 0.25) is 0 Å². The lowest BCUT2D eigenvalue weighted by molar-refractivity contribution is 0.523. The molecule has 0 fully saturated rings. The van der Waals surface area contributed by atoms with Gasteiger partial charge in [-0.1, -0.05) is 25.1 Å². The Morgan fingerprint density at radius 2 is 2.14 bits per heavy atom. The summed E-state index contributed by atoms with van der Waals surface area (Å²) in [6.45, 7) is 3.19. The summed E-state index contributed by atoms with van der Waals surface area (Å²) in [4.78, 5) is 4.46. The molecule has 0 saturated carbocycles. The van der Waals surface area contributed by atoms with E-state index in [1.807, 2.05) is 24.6 Å². The smallest absolute Gasteiger partial charge is 0.0935 e. The molecule has 0 spiro atoms. The van der Waals surface area contributed by atoms with Crippen LogP contribution in [0.4, 0.5) is 0 Å². The van der Waals surface area contributed by atoms with E-state index in [0.29, 0.717) is 0 Å². The van der Waals surface area contributed by atoms with Gasteiger partial charge in [0.15, 0.2) is 0 Å². The average molecular weight is 280 g/mol. The minimum absolute atomic E-state index is 0.274. The predicted molar refractivity (Wildman–Crippen MR) is 85.2 cm³/mol. The maximum absolute atomic E-state index is 5.20. The first-order valence-corrected chi connectivity index (χ1v) is 7.46. The third-order valence-corrected chi connectivity index (χ3v) is 3.72. The molecule has 3 aromatic rings. The topological polar surface area (TPSA) is 38.1 Å². The molecule has 3 rings (SSSR count). The Morgan fingerprint density at radius 1 is 1.19 bits per heavy atom. The van der Waals surface area contributed by atoms with E-state index in [4.69, 9.17) is 4.42 Å². The zero-order valence-electron chi connectivity index (χ0n) is 12.3. The Balaban J connectivity index is 1.97. The number of aromatic nitrogens is 1. The molecule has 1 atom stereocenters. The summed E-state index contributed by atoms with van der Waals surface area (Å²) in [5, 5.41) is 4.87. The summed E-state index contributed by atoms with van der Waals surface area (Å²) in [6, 6.07) is 12.8. The Kier molecular flexibility index (Phi) is 4.31. The maximum Gasteiger partial charge on any atom is 0.0935 e. The maximum atomic E-state index is 5.20. The van der Waals surface area contributed by atoms with Crippen molar-refractivity contribution >= 4 is 10.9 Å². The second-order valence-corrected chi connectivity index (χ2v) is 5.26. The van der Waals surface area contributed by atoms with Gasteiger partial charge in [-0.15, -0.1) is 0 Å². The van der Waals surface area contributed by atoms with Crippen molar-refractivity contribution in [1.29, 1.82) is 0 Å². The van der Waals surface area contributed by atoms with Gasteiger partial charge in [-0.05, 0) is 48.7 Å². The summed E-state index contributed by atoms with van der Waals surface area (Å²) < 4.78 is 5.20. The molecule has 0 saturated heterocycles. The number of benzene rings is 1. The summed E-state index contributed by atoms with van der Waals surface area (Å²) >= 11 is 0. The third kappa shape index (κ3) is 3.14. The zero-order valence-corrected chi connectivity index (χ0v) is 12.3. The van der Waals surface area contributed by atoms with Crippen LogP contribution in [0.5, 0.6) is 0 Å². The number of pyridine rings is 1. The largest absolute Gasteiger partial charge is 0.472 e. The molecule has 108 valence electrons. The highest BCUT2D eigenvalue weighted by Crippen LogP contribution is 2.26. The number of furan rings is 1. The van der Waals surface area contributed by atoms with Crippen molar-refractivity contribution in [1.82, 2.24) is 10.3 Å². The van der Waals surface area contributed by atoms with Crippen LogP contribution in [0.3, 0.4) is 0 Å². The molecule has 1 N–H and O–H groups in total. The number of rotatable bonds is 6. The van der Waals surface area contributed by atoms with Gasteiger partial charge in [0.1, 0.15) is 0 Å². The molecular weight excluding hydrogens is 260 g/mol. The van der Waals surface area contributed by atoms with E-state index in [0.717, 1.165) is 24.9 Å². The quantitative estimate of drug-likeness (QED) is 0.738. The molecule has 21 heavy (non-hydrogen) atoms. The predicted octanol–water partition coefficient (Wildman–Crippen LogP) is 4.11. The Bertz CT molecular complexity index is 686. The lowest BCUT2D eigenvalue weighted by Crippen LogP contribution is -2.24. The van der Waals surface area contributed by atoms with Crippen molar-refractivity contribution in [2.45, 2.75) is 25.8 Å². The van der Waals surface area contributed by atoms with E-state index in [1.54, 1.807) is 6.26 Å². The highest BCUT2D eigenvalue weighted by atomic mass is 16.3. The van der Waals surface area contributed by atoms with Crippen molar-refractivity contribution in [3.8, 4) is 0 Å². The molecule has 0 aliphatic heterocycles. The Labute approximate surface area is 125 Å². The first-order valence-electron chi connectivity index (χ1n) is 7.46. The monoisotopic (exact) mass is 280 g/mol. The van der Waals surface area contributed by atoms with Crippen molar-refractivity contribution in [3.63, 3.8) is 0 Å². The van der Waals surface area contributed by atoms with Gasteiger partial charge < -0.3 is 9.73 Å². The van der Waals surface area contributed by atoms with Crippen molar-refractivity contribution in [2.24, 2.45) is 0 Å². The molecule has 3 nitrogen and oxygen atoms in total. The van der Waals surface area contributed by atoms with Crippen molar-refractivity contribution in [2.75, 3.05) is 6.54 Å². The Hall–Kier alpha value is -2.13. The van der Waals surface area contributed by atoms with E-state index < -0.39 is 0 Å². The lowest BCUT2D eigenvalue weighted by Gasteiger charge is -2.20. The molecule has 0 amide bonds. The van der Waals surface area contributed by atoms with Crippen molar-refractivity contribution in [3.05, 3.63) is 66.2 Å². The second kappa shape index (κ2) is 6.55. The molecule has 0 bridgehead atoms. The first-order chi connectivity index (χ1) is 10.4. The third-order valence-electron chi connectivity index (χ3n) is 3.72. The number of nitrogens with one attached hydrogen (secondary N) is 1. The molecule has 1 aromatic carbocycles. The molecule has 0 aliphatic rings. The fraction of sp³-hybridized carbons (Fsp3) is 0.278. The normalized spacial score (nSPS) is 12.6. The van der Waals surface area contributed by atoms with Crippen LogP contribution in [-0.2, 0) is 6.42 Å². The van der Waals surface area contributed by atoms with E-state index in [9.17, 15) is 0 Å². The summed E-state index contributed by atoms with van der Waals surface area (Å²) in [5.41, 5.74) is 3.56.